The Labute approximate surface area is 186 Å². The first-order valence-corrected chi connectivity index (χ1v) is 14.4. The quantitative estimate of drug-likeness (QED) is 0.239. The van der Waals surface area contributed by atoms with Crippen LogP contribution in [-0.4, -0.2) is 8.07 Å². The molecule has 0 bridgehead atoms. The molecular formula is C25H24Br2Si. The van der Waals surface area contributed by atoms with Crippen LogP contribution in [0.5, 0.6) is 0 Å². The van der Waals surface area contributed by atoms with Crippen LogP contribution in [0, 0.1) is 0 Å². The van der Waals surface area contributed by atoms with Gasteiger partial charge in [0.1, 0.15) is 0 Å². The summed E-state index contributed by atoms with van der Waals surface area (Å²) in [5.74, 6) is 0. The highest BCUT2D eigenvalue weighted by Gasteiger charge is 2.22. The Kier molecular flexibility index (Phi) is 6.92. The summed E-state index contributed by atoms with van der Waals surface area (Å²) in [5.41, 5.74) is 5.00. The van der Waals surface area contributed by atoms with Crippen molar-refractivity contribution in [3.63, 3.8) is 0 Å². The van der Waals surface area contributed by atoms with Crippen molar-refractivity contribution in [1.29, 1.82) is 0 Å². The molecule has 3 rings (SSSR count). The first-order chi connectivity index (χ1) is 13.4. The van der Waals surface area contributed by atoms with Gasteiger partial charge in [-0.2, -0.15) is 0 Å². The average Bonchev–Trinajstić information content (AvgIpc) is 2.66. The van der Waals surface area contributed by atoms with Crippen molar-refractivity contribution in [2.24, 2.45) is 0 Å². The molecule has 0 nitrogen and oxygen atoms in total. The molecular weight excluding hydrogens is 488 g/mol. The largest absolute Gasteiger partial charge is 0.0791 e. The first-order valence-electron chi connectivity index (χ1n) is 9.35. The van der Waals surface area contributed by atoms with Crippen molar-refractivity contribution in [3.8, 4) is 0 Å². The van der Waals surface area contributed by atoms with Gasteiger partial charge in [0.25, 0.3) is 0 Å². The molecule has 0 spiro atoms. The lowest BCUT2D eigenvalue weighted by molar-refractivity contribution is 1.59. The zero-order valence-electron chi connectivity index (χ0n) is 16.4. The summed E-state index contributed by atoms with van der Waals surface area (Å²) in [5, 5.41) is 1.49. The number of hydrogen-bond donors (Lipinski definition) is 0. The third kappa shape index (κ3) is 5.22. The van der Waals surface area contributed by atoms with E-state index in [1.807, 2.05) is 12.1 Å². The second-order valence-corrected chi connectivity index (χ2v) is 14.5. The van der Waals surface area contributed by atoms with Crippen LogP contribution < -0.4 is 5.19 Å². The lowest BCUT2D eigenvalue weighted by atomic mass is 10.1. The summed E-state index contributed by atoms with van der Waals surface area (Å²) >= 11 is 7.28. The Morgan fingerprint density at radius 2 is 0.893 bits per heavy atom. The monoisotopic (exact) mass is 510 g/mol. The molecule has 3 heteroatoms. The molecule has 0 unspecified atom stereocenters. The van der Waals surface area contributed by atoms with Crippen LogP contribution in [0.15, 0.2) is 75.7 Å². The van der Waals surface area contributed by atoms with Gasteiger partial charge in [0.15, 0.2) is 0 Å². The molecule has 3 aromatic rings. The first kappa shape index (κ1) is 21.0. The molecule has 0 amide bonds. The zero-order valence-corrected chi connectivity index (χ0v) is 20.6. The normalized spacial score (nSPS) is 12.2. The van der Waals surface area contributed by atoms with Gasteiger partial charge in [-0.25, -0.2) is 0 Å². The molecule has 0 aliphatic carbocycles. The Balaban J connectivity index is 2.04. The molecule has 0 aromatic heterocycles. The summed E-state index contributed by atoms with van der Waals surface area (Å²) in [6, 6.07) is 23.3. The minimum atomic E-state index is -1.55. The van der Waals surface area contributed by atoms with E-state index in [1.54, 1.807) is 0 Å². The van der Waals surface area contributed by atoms with Gasteiger partial charge in [-0.3, -0.25) is 0 Å². The maximum absolute atomic E-state index is 3.64. The van der Waals surface area contributed by atoms with Crippen molar-refractivity contribution in [3.05, 3.63) is 97.9 Å². The van der Waals surface area contributed by atoms with Crippen LogP contribution in [0.2, 0.25) is 19.6 Å². The second-order valence-electron chi connectivity index (χ2n) is 7.77. The molecule has 3 aromatic carbocycles. The summed E-state index contributed by atoms with van der Waals surface area (Å²) in [6.07, 6.45) is 8.90. The Bertz CT molecular complexity index is 953. The van der Waals surface area contributed by atoms with E-state index >= 15 is 0 Å². The molecule has 0 fully saturated rings. The third-order valence-corrected chi connectivity index (χ3v) is 8.10. The maximum Gasteiger partial charge on any atom is 0.0791 e. The molecule has 28 heavy (non-hydrogen) atoms. The van der Waals surface area contributed by atoms with Crippen LogP contribution in [0.25, 0.3) is 24.3 Å². The third-order valence-electron chi connectivity index (χ3n) is 4.57. The fourth-order valence-electron chi connectivity index (χ4n) is 3.31. The summed E-state index contributed by atoms with van der Waals surface area (Å²) < 4.78 is 2.23. The molecule has 0 N–H and O–H groups in total. The molecule has 0 heterocycles. The van der Waals surface area contributed by atoms with E-state index in [9.17, 15) is 0 Å². The Hall–Kier alpha value is -1.68. The maximum atomic E-state index is 3.64. The van der Waals surface area contributed by atoms with Gasteiger partial charge in [-0.05, 0) is 39.6 Å². The summed E-state index contributed by atoms with van der Waals surface area (Å²) in [6.45, 7) is 7.23. The minimum Gasteiger partial charge on any atom is -0.0656 e. The SMILES string of the molecule is C[Si](C)(C)c1c(/C=C/c2ccccc2Br)cccc1/C=C/c1ccccc1Br. The molecule has 0 aliphatic heterocycles. The van der Waals surface area contributed by atoms with Gasteiger partial charge < -0.3 is 0 Å². The molecule has 0 saturated carbocycles. The van der Waals surface area contributed by atoms with Crippen LogP contribution in [0.3, 0.4) is 0 Å². The van der Waals surface area contributed by atoms with E-state index in [-0.39, 0.29) is 0 Å². The van der Waals surface area contributed by atoms with Crippen LogP contribution in [0.4, 0.5) is 0 Å². The van der Waals surface area contributed by atoms with Crippen molar-refractivity contribution in [1.82, 2.24) is 0 Å². The van der Waals surface area contributed by atoms with Crippen molar-refractivity contribution in [2.45, 2.75) is 19.6 Å². The summed E-state index contributed by atoms with van der Waals surface area (Å²) in [7, 11) is -1.55. The predicted molar refractivity (Wildman–Crippen MR) is 136 cm³/mol. The van der Waals surface area contributed by atoms with Gasteiger partial charge in [-0.1, -0.05) is 130 Å². The Morgan fingerprint density at radius 3 is 1.29 bits per heavy atom. The van der Waals surface area contributed by atoms with Crippen LogP contribution in [-0.2, 0) is 0 Å². The van der Waals surface area contributed by atoms with E-state index in [2.05, 4.69) is 130 Å². The van der Waals surface area contributed by atoms with Crippen LogP contribution in [0.1, 0.15) is 22.3 Å². The fourth-order valence-corrected chi connectivity index (χ4v) is 6.21. The zero-order chi connectivity index (χ0) is 20.1. The molecule has 0 radical (unpaired) electrons. The average molecular weight is 512 g/mol. The highest BCUT2D eigenvalue weighted by Crippen LogP contribution is 2.22. The fraction of sp³-hybridized carbons (Fsp3) is 0.120. The predicted octanol–water partition coefficient (Wildman–Crippen LogP) is 8.10. The van der Waals surface area contributed by atoms with E-state index in [0.29, 0.717) is 0 Å². The number of benzene rings is 3. The van der Waals surface area contributed by atoms with Gasteiger partial charge in [0.2, 0.25) is 0 Å². The minimum absolute atomic E-state index is 1.12. The molecule has 0 atom stereocenters. The number of hydrogen-bond acceptors (Lipinski definition) is 0. The van der Waals surface area contributed by atoms with Gasteiger partial charge >= 0.3 is 0 Å². The Morgan fingerprint density at radius 1 is 0.536 bits per heavy atom. The van der Waals surface area contributed by atoms with Gasteiger partial charge in [-0.15, -0.1) is 0 Å². The highest BCUT2D eigenvalue weighted by molar-refractivity contribution is 9.10. The van der Waals surface area contributed by atoms with E-state index in [4.69, 9.17) is 0 Å². The lowest BCUT2D eigenvalue weighted by Crippen LogP contribution is -2.41. The number of halogens is 2. The van der Waals surface area contributed by atoms with E-state index in [0.717, 1.165) is 8.95 Å². The highest BCUT2D eigenvalue weighted by atomic mass is 79.9. The molecule has 0 saturated heterocycles. The standard InChI is InChI=1S/C25H24Br2Si/c1-28(2,3)25-21(17-15-19-9-4-6-13-23(19)26)11-8-12-22(25)18-16-20-10-5-7-14-24(20)27/h4-18H,1-3H3/b17-15+,18-16+. The topological polar surface area (TPSA) is 0 Å². The smallest absolute Gasteiger partial charge is 0.0656 e. The number of rotatable bonds is 5. The second kappa shape index (κ2) is 9.21. The van der Waals surface area contributed by atoms with E-state index in [1.165, 1.54) is 27.4 Å². The van der Waals surface area contributed by atoms with Gasteiger partial charge in [0.05, 0.1) is 8.07 Å². The van der Waals surface area contributed by atoms with Gasteiger partial charge in [0, 0.05) is 8.95 Å². The van der Waals surface area contributed by atoms with Crippen molar-refractivity contribution in [2.75, 3.05) is 0 Å². The van der Waals surface area contributed by atoms with E-state index < -0.39 is 8.07 Å². The van der Waals surface area contributed by atoms with Crippen molar-refractivity contribution >= 4 is 69.4 Å². The van der Waals surface area contributed by atoms with Crippen molar-refractivity contribution < 1.29 is 0 Å². The summed E-state index contributed by atoms with van der Waals surface area (Å²) in [4.78, 5) is 0. The van der Waals surface area contributed by atoms with Crippen LogP contribution >= 0.6 is 31.9 Å². The molecule has 142 valence electrons. The molecule has 0 aliphatic rings. The lowest BCUT2D eigenvalue weighted by Gasteiger charge is -2.22.